The first-order valence-electron chi connectivity index (χ1n) is 7.42. The zero-order chi connectivity index (χ0) is 16.5. The van der Waals surface area contributed by atoms with E-state index in [1.54, 1.807) is 0 Å². The molecule has 0 amide bonds. The van der Waals surface area contributed by atoms with Crippen molar-refractivity contribution in [2.24, 2.45) is 0 Å². The summed E-state index contributed by atoms with van der Waals surface area (Å²) in [6.45, 7) is 10.1. The lowest BCUT2D eigenvalue weighted by Crippen LogP contribution is -2.41. The molecule has 0 atom stereocenters. The van der Waals surface area contributed by atoms with Gasteiger partial charge in [0.15, 0.2) is 0 Å². The predicted octanol–water partition coefficient (Wildman–Crippen LogP) is 3.75. The number of hydrogen-bond donors (Lipinski definition) is 1. The van der Waals surface area contributed by atoms with Crippen LogP contribution in [0.4, 0.5) is 0 Å². The van der Waals surface area contributed by atoms with Gasteiger partial charge in [-0.25, -0.2) is 0 Å². The Morgan fingerprint density at radius 2 is 1.68 bits per heavy atom. The summed E-state index contributed by atoms with van der Waals surface area (Å²) in [7, 11) is -0.414. The van der Waals surface area contributed by atoms with Gasteiger partial charge in [0.1, 0.15) is 6.29 Å². The molecule has 0 spiro atoms. The molecule has 5 heteroatoms. The van der Waals surface area contributed by atoms with E-state index in [9.17, 15) is 4.79 Å². The molecule has 0 aliphatic carbocycles. The molecule has 1 saturated heterocycles. The zero-order valence-electron chi connectivity index (χ0n) is 13.8. The Labute approximate surface area is 138 Å². The molecule has 22 heavy (non-hydrogen) atoms. The lowest BCUT2D eigenvalue weighted by atomic mass is 9.78. The van der Waals surface area contributed by atoms with Gasteiger partial charge in [-0.15, -0.1) is 0 Å². The molecule has 1 aliphatic rings. The lowest BCUT2D eigenvalue weighted by Gasteiger charge is -2.32. The highest BCUT2D eigenvalue weighted by Gasteiger charge is 2.52. The van der Waals surface area contributed by atoms with Crippen LogP contribution < -0.4 is 0 Å². The molecule has 0 aromatic heterocycles. The predicted molar refractivity (Wildman–Crippen MR) is 94.5 cm³/mol. The molecule has 118 valence electrons. The second kappa shape index (κ2) is 6.22. The van der Waals surface area contributed by atoms with E-state index in [2.05, 4.69) is 12.6 Å². The molecule has 1 heterocycles. The van der Waals surface area contributed by atoms with Gasteiger partial charge in [-0.05, 0) is 63.4 Å². The third kappa shape index (κ3) is 3.48. The highest BCUT2D eigenvalue weighted by Crippen LogP contribution is 2.39. The van der Waals surface area contributed by atoms with E-state index in [0.717, 1.165) is 22.9 Å². The number of aldehydes is 1. The van der Waals surface area contributed by atoms with Gasteiger partial charge >= 0.3 is 7.12 Å². The van der Waals surface area contributed by atoms with E-state index in [0.29, 0.717) is 11.3 Å². The van der Waals surface area contributed by atoms with Crippen LogP contribution in [0.15, 0.2) is 23.7 Å². The summed E-state index contributed by atoms with van der Waals surface area (Å²) in [4.78, 5) is 11.0. The Morgan fingerprint density at radius 1 is 1.14 bits per heavy atom. The highest BCUT2D eigenvalue weighted by molar-refractivity contribution is 7.80. The van der Waals surface area contributed by atoms with Crippen molar-refractivity contribution in [3.05, 3.63) is 40.4 Å². The molecule has 0 unspecified atom stereocenters. The first-order chi connectivity index (χ1) is 10.2. The quantitative estimate of drug-likeness (QED) is 0.522. The van der Waals surface area contributed by atoms with Crippen LogP contribution in [0.1, 0.15) is 49.2 Å². The van der Waals surface area contributed by atoms with Crippen molar-refractivity contribution >= 4 is 32.1 Å². The van der Waals surface area contributed by atoms with Crippen molar-refractivity contribution in [3.63, 3.8) is 0 Å². The molecule has 1 aromatic rings. The van der Waals surface area contributed by atoms with Gasteiger partial charge in [-0.1, -0.05) is 12.1 Å². The van der Waals surface area contributed by atoms with Crippen LogP contribution in [0.2, 0.25) is 0 Å². The smallest absolute Gasteiger partial charge is 0.400 e. The minimum Gasteiger partial charge on any atom is -0.400 e. The molecule has 1 fully saturated rings. The number of carbonyl (C=O) groups is 1. The standard InChI is InChI=1S/C17H23BO3S/c1-12-6-13(8-14(7-12)10-19)9-15(11-22)18-20-16(2,3)17(4,5)21-18/h6-10,22H,11H2,1-5H3. The summed E-state index contributed by atoms with van der Waals surface area (Å²) in [6, 6.07) is 5.75. The van der Waals surface area contributed by atoms with Crippen molar-refractivity contribution in [2.75, 3.05) is 5.75 Å². The van der Waals surface area contributed by atoms with Crippen LogP contribution in [0.25, 0.3) is 6.08 Å². The van der Waals surface area contributed by atoms with Crippen molar-refractivity contribution in [1.82, 2.24) is 0 Å². The maximum atomic E-state index is 11.0. The number of aryl methyl sites for hydroxylation is 1. The Balaban J connectivity index is 2.33. The summed E-state index contributed by atoms with van der Waals surface area (Å²) in [5.74, 6) is 0.529. The van der Waals surface area contributed by atoms with Gasteiger partial charge in [0, 0.05) is 11.3 Å². The topological polar surface area (TPSA) is 35.5 Å². The maximum absolute atomic E-state index is 11.0. The van der Waals surface area contributed by atoms with Crippen LogP contribution in [0, 0.1) is 6.92 Å². The van der Waals surface area contributed by atoms with Crippen LogP contribution in [-0.2, 0) is 9.31 Å². The minimum atomic E-state index is -0.414. The number of thiol groups is 1. The summed E-state index contributed by atoms with van der Waals surface area (Å²) in [5.41, 5.74) is 2.87. The number of carbonyl (C=O) groups excluding carboxylic acids is 1. The monoisotopic (exact) mass is 318 g/mol. The largest absolute Gasteiger partial charge is 0.491 e. The summed E-state index contributed by atoms with van der Waals surface area (Å²) >= 11 is 4.41. The van der Waals surface area contributed by atoms with Crippen LogP contribution in [-0.4, -0.2) is 30.4 Å². The molecular weight excluding hydrogens is 295 g/mol. The second-order valence-electron chi connectivity index (χ2n) is 6.76. The fraction of sp³-hybridized carbons (Fsp3) is 0.471. The van der Waals surface area contributed by atoms with Gasteiger partial charge in [0.05, 0.1) is 11.2 Å². The fourth-order valence-electron chi connectivity index (χ4n) is 2.39. The minimum absolute atomic E-state index is 0.375. The Morgan fingerprint density at radius 3 is 2.18 bits per heavy atom. The first-order valence-corrected chi connectivity index (χ1v) is 8.05. The summed E-state index contributed by atoms with van der Waals surface area (Å²) in [5, 5.41) is 0. The molecule has 2 rings (SSSR count). The van der Waals surface area contributed by atoms with Crippen LogP contribution >= 0.6 is 12.6 Å². The molecule has 1 aliphatic heterocycles. The average molecular weight is 318 g/mol. The highest BCUT2D eigenvalue weighted by atomic mass is 32.1. The SMILES string of the molecule is Cc1cc(C=O)cc(C=C(CS)B2OC(C)(C)C(C)(C)O2)c1. The van der Waals surface area contributed by atoms with Gasteiger partial charge in [-0.2, -0.15) is 12.6 Å². The summed E-state index contributed by atoms with van der Waals surface area (Å²) < 4.78 is 12.1. The fourth-order valence-corrected chi connectivity index (χ4v) is 2.63. The number of benzene rings is 1. The lowest BCUT2D eigenvalue weighted by molar-refractivity contribution is 0.00578. The van der Waals surface area contributed by atoms with E-state index in [1.807, 2.05) is 58.9 Å². The Kier molecular flexibility index (Phi) is 4.90. The third-order valence-electron chi connectivity index (χ3n) is 4.35. The maximum Gasteiger partial charge on any atom is 0.491 e. The number of rotatable bonds is 4. The third-order valence-corrected chi connectivity index (χ3v) is 4.71. The molecule has 1 aromatic carbocycles. The second-order valence-corrected chi connectivity index (χ2v) is 7.08. The molecule has 0 radical (unpaired) electrons. The van der Waals surface area contributed by atoms with E-state index >= 15 is 0 Å². The van der Waals surface area contributed by atoms with Crippen molar-refractivity contribution < 1.29 is 14.1 Å². The van der Waals surface area contributed by atoms with E-state index < -0.39 is 7.12 Å². The number of hydrogen-bond acceptors (Lipinski definition) is 4. The van der Waals surface area contributed by atoms with E-state index in [-0.39, 0.29) is 11.2 Å². The molecule has 0 N–H and O–H groups in total. The molecule has 0 saturated carbocycles. The molecule has 0 bridgehead atoms. The van der Waals surface area contributed by atoms with Gasteiger partial charge in [-0.3, -0.25) is 4.79 Å². The normalized spacial score (nSPS) is 20.3. The van der Waals surface area contributed by atoms with E-state index in [1.165, 1.54) is 0 Å². The van der Waals surface area contributed by atoms with Crippen molar-refractivity contribution in [3.8, 4) is 0 Å². The molecular formula is C17H23BO3S. The van der Waals surface area contributed by atoms with Gasteiger partial charge < -0.3 is 9.31 Å². The van der Waals surface area contributed by atoms with E-state index in [4.69, 9.17) is 9.31 Å². The first kappa shape index (κ1) is 17.3. The van der Waals surface area contributed by atoms with Gasteiger partial charge in [0.2, 0.25) is 0 Å². The molecule has 3 nitrogen and oxygen atoms in total. The Bertz CT molecular complexity index is 592. The average Bonchev–Trinajstić information content (AvgIpc) is 2.64. The Hall–Kier alpha value is -1.04. The van der Waals surface area contributed by atoms with Crippen LogP contribution in [0.3, 0.4) is 0 Å². The van der Waals surface area contributed by atoms with Crippen molar-refractivity contribution in [2.45, 2.75) is 45.8 Å². The van der Waals surface area contributed by atoms with Crippen LogP contribution in [0.5, 0.6) is 0 Å². The van der Waals surface area contributed by atoms with Gasteiger partial charge in [0.25, 0.3) is 0 Å². The summed E-state index contributed by atoms with van der Waals surface area (Å²) in [6.07, 6.45) is 2.86. The van der Waals surface area contributed by atoms with Crippen molar-refractivity contribution in [1.29, 1.82) is 0 Å². The zero-order valence-corrected chi connectivity index (χ0v) is 14.7.